The number of carbonyl (C=O) groups is 1. The van der Waals surface area contributed by atoms with Gasteiger partial charge in [0, 0.05) is 13.0 Å². The van der Waals surface area contributed by atoms with Gasteiger partial charge in [0.05, 0.1) is 13.2 Å². The Hall–Kier alpha value is -1.13. The molecule has 0 radical (unpaired) electrons. The summed E-state index contributed by atoms with van der Waals surface area (Å²) in [7, 11) is 0. The maximum atomic E-state index is 12.1. The number of esters is 1. The van der Waals surface area contributed by atoms with Crippen molar-refractivity contribution in [1.29, 1.82) is 0 Å². The van der Waals surface area contributed by atoms with Crippen LogP contribution in [0.15, 0.2) is 24.3 Å². The summed E-state index contributed by atoms with van der Waals surface area (Å²) in [4.78, 5) is 12.1. The lowest BCUT2D eigenvalue weighted by molar-refractivity contribution is -0.154. The summed E-state index contributed by atoms with van der Waals surface area (Å²) in [5.74, 6) is -0.211. The van der Waals surface area contributed by atoms with Crippen LogP contribution < -0.4 is 0 Å². The molecule has 0 aromatic heterocycles. The van der Waals surface area contributed by atoms with Crippen LogP contribution in [0.2, 0.25) is 0 Å². The van der Waals surface area contributed by atoms with Gasteiger partial charge >= 0.3 is 5.97 Å². The van der Waals surface area contributed by atoms with Crippen molar-refractivity contribution in [2.45, 2.75) is 193 Å². The number of hydrogen-bond acceptors (Lipinski definition) is 4. The predicted molar refractivity (Wildman–Crippen MR) is 182 cm³/mol. The Bertz CT molecular complexity index is 586. The zero-order chi connectivity index (χ0) is 30.6. The van der Waals surface area contributed by atoms with Gasteiger partial charge in [-0.1, -0.05) is 141 Å². The molecule has 0 fully saturated rings. The molecule has 0 heterocycles. The Kier molecular flexibility index (Phi) is 35.1. The van der Waals surface area contributed by atoms with E-state index in [0.717, 1.165) is 19.3 Å². The predicted octanol–water partition coefficient (Wildman–Crippen LogP) is 11.6. The van der Waals surface area contributed by atoms with Crippen molar-refractivity contribution in [2.24, 2.45) is 0 Å². The number of unbranched alkanes of at least 4 members (excludes halogenated alkanes) is 22. The fourth-order valence-electron chi connectivity index (χ4n) is 5.20. The molecule has 42 heavy (non-hydrogen) atoms. The van der Waals surface area contributed by atoms with Crippen molar-refractivity contribution in [3.63, 3.8) is 0 Å². The Morgan fingerprint density at radius 2 is 0.929 bits per heavy atom. The molecular weight excluding hydrogens is 520 g/mol. The monoisotopic (exact) mass is 593 g/mol. The molecule has 0 aromatic rings. The molecule has 0 aliphatic carbocycles. The zero-order valence-corrected chi connectivity index (χ0v) is 28.3. The van der Waals surface area contributed by atoms with Gasteiger partial charge < -0.3 is 14.6 Å². The summed E-state index contributed by atoms with van der Waals surface area (Å²) in [6.07, 6.45) is 42.1. The molecule has 0 saturated heterocycles. The highest BCUT2D eigenvalue weighted by Gasteiger charge is 2.13. The van der Waals surface area contributed by atoms with Crippen molar-refractivity contribution < 1.29 is 19.4 Å². The van der Waals surface area contributed by atoms with Crippen LogP contribution in [0.3, 0.4) is 0 Å². The second-order valence-electron chi connectivity index (χ2n) is 12.3. The minimum absolute atomic E-state index is 0.175. The van der Waals surface area contributed by atoms with E-state index in [0.29, 0.717) is 19.6 Å². The molecule has 0 rings (SSSR count). The third-order valence-electron chi connectivity index (χ3n) is 8.00. The van der Waals surface area contributed by atoms with E-state index in [4.69, 9.17) is 9.47 Å². The van der Waals surface area contributed by atoms with Gasteiger partial charge in [-0.15, -0.1) is 0 Å². The van der Waals surface area contributed by atoms with E-state index < -0.39 is 6.10 Å². The molecular formula is C38H72O4. The molecule has 0 aliphatic rings. The molecule has 0 amide bonds. The van der Waals surface area contributed by atoms with Gasteiger partial charge in [0.2, 0.25) is 0 Å². The topological polar surface area (TPSA) is 55.8 Å². The summed E-state index contributed by atoms with van der Waals surface area (Å²) in [6.45, 7) is 5.32. The molecule has 248 valence electrons. The van der Waals surface area contributed by atoms with Crippen LogP contribution in [0.4, 0.5) is 0 Å². The molecule has 0 aromatic carbocycles. The van der Waals surface area contributed by atoms with Gasteiger partial charge in [-0.05, 0) is 64.2 Å². The molecule has 1 unspecified atom stereocenters. The molecule has 0 bridgehead atoms. The van der Waals surface area contributed by atoms with Gasteiger partial charge in [0.15, 0.2) is 0 Å². The van der Waals surface area contributed by atoms with Crippen LogP contribution in [0, 0.1) is 0 Å². The van der Waals surface area contributed by atoms with Crippen LogP contribution in [0.5, 0.6) is 0 Å². The first-order chi connectivity index (χ1) is 20.7. The van der Waals surface area contributed by atoms with Crippen LogP contribution in [-0.4, -0.2) is 37.0 Å². The average molecular weight is 593 g/mol. The fourth-order valence-corrected chi connectivity index (χ4v) is 5.20. The van der Waals surface area contributed by atoms with E-state index in [9.17, 15) is 9.90 Å². The van der Waals surface area contributed by atoms with Crippen molar-refractivity contribution in [1.82, 2.24) is 0 Å². The highest BCUT2D eigenvalue weighted by molar-refractivity contribution is 5.69. The standard InChI is InChI=1S/C38H72O4/c1-3-5-7-9-11-13-15-17-19-20-22-24-26-28-30-32-34-41-36-37(35-39)42-38(40)33-31-29-27-25-23-21-18-16-14-12-10-8-6-4-2/h16-19,37,39H,3-15,20-36H2,1-2H3/b18-16-,19-17-. The fraction of sp³-hybridized carbons (Fsp3) is 0.868. The van der Waals surface area contributed by atoms with Crippen LogP contribution in [0.1, 0.15) is 187 Å². The lowest BCUT2D eigenvalue weighted by Crippen LogP contribution is -2.27. The Morgan fingerprint density at radius 3 is 1.36 bits per heavy atom. The molecule has 0 saturated carbocycles. The number of ether oxygens (including phenoxy) is 2. The summed E-state index contributed by atoms with van der Waals surface area (Å²) in [5.41, 5.74) is 0. The summed E-state index contributed by atoms with van der Waals surface area (Å²) < 4.78 is 11.1. The first-order valence-corrected chi connectivity index (χ1v) is 18.4. The van der Waals surface area contributed by atoms with Crippen molar-refractivity contribution in [3.8, 4) is 0 Å². The third kappa shape index (κ3) is 33.4. The van der Waals surface area contributed by atoms with Crippen LogP contribution >= 0.6 is 0 Å². The molecule has 1 atom stereocenters. The number of hydrogen-bond donors (Lipinski definition) is 1. The smallest absolute Gasteiger partial charge is 0.306 e. The summed E-state index contributed by atoms with van der Waals surface area (Å²) in [5, 5.41) is 9.55. The first-order valence-electron chi connectivity index (χ1n) is 18.4. The number of allylic oxidation sites excluding steroid dienone is 4. The molecule has 0 spiro atoms. The molecule has 4 heteroatoms. The minimum atomic E-state index is -0.537. The Balaban J connectivity index is 3.45. The number of rotatable bonds is 34. The van der Waals surface area contributed by atoms with E-state index >= 15 is 0 Å². The Labute approximate surface area is 262 Å². The highest BCUT2D eigenvalue weighted by atomic mass is 16.6. The summed E-state index contributed by atoms with van der Waals surface area (Å²) >= 11 is 0. The Morgan fingerprint density at radius 1 is 0.548 bits per heavy atom. The van der Waals surface area contributed by atoms with Gasteiger partial charge in [0.25, 0.3) is 0 Å². The quantitative estimate of drug-likeness (QED) is 0.0459. The molecule has 1 N–H and O–H groups in total. The average Bonchev–Trinajstić information content (AvgIpc) is 3.00. The lowest BCUT2D eigenvalue weighted by atomic mass is 10.1. The minimum Gasteiger partial charge on any atom is -0.457 e. The number of aliphatic hydroxyl groups is 1. The van der Waals surface area contributed by atoms with Crippen molar-refractivity contribution in [3.05, 3.63) is 24.3 Å². The highest BCUT2D eigenvalue weighted by Crippen LogP contribution is 2.12. The maximum Gasteiger partial charge on any atom is 0.306 e. The SMILES string of the molecule is CCCCCCC/C=C\CCCCCCCC(=O)OC(CO)COCCCCCCCC/C=C\CCCCCCCC. The normalized spacial score (nSPS) is 12.5. The van der Waals surface area contributed by atoms with Gasteiger partial charge in [0.1, 0.15) is 6.10 Å². The van der Waals surface area contributed by atoms with E-state index in [1.807, 2.05) is 0 Å². The van der Waals surface area contributed by atoms with Crippen LogP contribution in [0.25, 0.3) is 0 Å². The lowest BCUT2D eigenvalue weighted by Gasteiger charge is -2.15. The van der Waals surface area contributed by atoms with Gasteiger partial charge in [-0.25, -0.2) is 0 Å². The second kappa shape index (κ2) is 36.1. The maximum absolute atomic E-state index is 12.1. The van der Waals surface area contributed by atoms with Gasteiger partial charge in [-0.2, -0.15) is 0 Å². The van der Waals surface area contributed by atoms with E-state index in [1.165, 1.54) is 148 Å². The first kappa shape index (κ1) is 40.9. The van der Waals surface area contributed by atoms with E-state index in [1.54, 1.807) is 0 Å². The number of aliphatic hydroxyl groups excluding tert-OH is 1. The van der Waals surface area contributed by atoms with E-state index in [-0.39, 0.29) is 12.6 Å². The largest absolute Gasteiger partial charge is 0.457 e. The van der Waals surface area contributed by atoms with Crippen molar-refractivity contribution in [2.75, 3.05) is 19.8 Å². The van der Waals surface area contributed by atoms with Crippen molar-refractivity contribution >= 4 is 5.97 Å². The van der Waals surface area contributed by atoms with E-state index in [2.05, 4.69) is 38.2 Å². The summed E-state index contributed by atoms with van der Waals surface area (Å²) in [6, 6.07) is 0. The third-order valence-corrected chi connectivity index (χ3v) is 8.00. The zero-order valence-electron chi connectivity index (χ0n) is 28.3. The van der Waals surface area contributed by atoms with Gasteiger partial charge in [-0.3, -0.25) is 4.79 Å². The molecule has 4 nitrogen and oxygen atoms in total. The second-order valence-corrected chi connectivity index (χ2v) is 12.3. The number of carbonyl (C=O) groups excluding carboxylic acids is 1. The molecule has 0 aliphatic heterocycles. The van der Waals surface area contributed by atoms with Crippen LogP contribution in [-0.2, 0) is 14.3 Å².